The molecule has 0 radical (unpaired) electrons. The highest BCUT2D eigenvalue weighted by atomic mass is 32.2. The topological polar surface area (TPSA) is 388 Å². The van der Waals surface area contributed by atoms with Crippen LogP contribution in [0.4, 0.5) is 28.4 Å². The lowest BCUT2D eigenvalue weighted by molar-refractivity contribution is -0.136. The number of aliphatic carboxylic acids is 1. The van der Waals surface area contributed by atoms with Gasteiger partial charge in [0.25, 0.3) is 0 Å². The number of ketones is 1. The Labute approximate surface area is 637 Å². The molecule has 5 aromatic carbocycles. The number of sulfonamides is 5. The van der Waals surface area contributed by atoms with Gasteiger partial charge in [0.2, 0.25) is 61.9 Å². The van der Waals surface area contributed by atoms with Crippen molar-refractivity contribution < 1.29 is 88.3 Å². The van der Waals surface area contributed by atoms with Crippen molar-refractivity contribution in [1.82, 2.24) is 10.6 Å². The molecule has 2 amide bonds. The Morgan fingerprint density at radius 3 is 1.09 bits per heavy atom. The van der Waals surface area contributed by atoms with Gasteiger partial charge in [0, 0.05) is 50.0 Å². The number of carboxylic acid groups (broad SMARTS) is 1. The van der Waals surface area contributed by atoms with Gasteiger partial charge in [-0.15, -0.1) is 11.8 Å². The van der Waals surface area contributed by atoms with Crippen LogP contribution in [-0.2, 0) is 112 Å². The highest BCUT2D eigenvalue weighted by Gasteiger charge is 2.41. The van der Waals surface area contributed by atoms with Crippen molar-refractivity contribution in [1.29, 1.82) is 0 Å². The summed E-state index contributed by atoms with van der Waals surface area (Å²) in [5, 5.41) is 20.9. The predicted molar refractivity (Wildman–Crippen MR) is 427 cm³/mol. The standard InChI is InChI=1S/C13H18N2O3S2.C13H17NO4S2.C12H16N2O4S2.C10H11NO5S2.C10H13NO4S2.5C2H6/c1-9-13(8-14-10(2)16)19-12-7-5-4-6-11(12)15(9)20(3,17)18;1-10(15)7-8-11-9-14(20(2,17)18)12-5-3-4-6-13(12)19(11)16;1-9(15)13-7-10-8-14(20(2,17)18)11-5-3-4-6-12(11)19(10)16;1-18(15,16)11-6-9(10(12)13)17(14)8-5-3-2-4-7(8)11;1-17(14,15)11-6-8(7-12)16(13)10-5-3-2-4-9(10)11;5*1-2/h4-7,9,13H,8H2,1-3H3,(H,14,16);3-6,11H,7-9H2,1-2H3;3-6,10H,7-8H2,1-2H3,(H,13,15);2-5,9H,6H2,1H3,(H,12,13);2-5,8,12H,6-7H2,1H3;5*1-2H3/t9-,13+;11-,19?;10-,19?;9-,17?;8-,16?;;;;;/m10011...../s1. The lowest BCUT2D eigenvalue weighted by Gasteiger charge is -2.39. The first-order valence-electron chi connectivity index (χ1n) is 33.6. The molecular weight excluding hydrogens is 1560 g/mol. The highest BCUT2D eigenvalue weighted by molar-refractivity contribution is 8.00. The van der Waals surface area contributed by atoms with E-state index in [2.05, 4.69) is 10.6 Å². The van der Waals surface area contributed by atoms with Crippen molar-refractivity contribution in [2.24, 2.45) is 0 Å². The Bertz CT molecular complexity index is 4280. The number of amides is 2. The van der Waals surface area contributed by atoms with E-state index < -0.39 is 115 Å². The second-order valence-electron chi connectivity index (χ2n) is 22.2. The van der Waals surface area contributed by atoms with Crippen LogP contribution in [0.2, 0.25) is 0 Å². The van der Waals surface area contributed by atoms with Gasteiger partial charge in [0.15, 0.2) is 5.25 Å². The molecule has 0 saturated heterocycles. The molecule has 0 saturated carbocycles. The van der Waals surface area contributed by atoms with E-state index in [1.165, 1.54) is 56.4 Å². The first kappa shape index (κ1) is 96.9. The summed E-state index contributed by atoms with van der Waals surface area (Å²) >= 11 is 1.61. The van der Waals surface area contributed by atoms with Gasteiger partial charge in [-0.1, -0.05) is 130 Å². The number of hydrogen-bond acceptors (Lipinski definition) is 20. The number of fused-ring (bicyclic) bond motifs is 5. The van der Waals surface area contributed by atoms with Crippen molar-refractivity contribution in [3.05, 3.63) is 121 Å². The summed E-state index contributed by atoms with van der Waals surface area (Å²) < 4.78 is 174. The van der Waals surface area contributed by atoms with Crippen molar-refractivity contribution in [3.8, 4) is 0 Å². The van der Waals surface area contributed by atoms with E-state index in [0.29, 0.717) is 56.8 Å². The normalized spacial score (nSPS) is 21.0. The van der Waals surface area contributed by atoms with Crippen molar-refractivity contribution >= 4 is 157 Å². The van der Waals surface area contributed by atoms with E-state index in [1.54, 1.807) is 96.7 Å². The number of thioether (sulfide) groups is 1. The maximum absolute atomic E-state index is 12.5. The predicted octanol–water partition coefficient (Wildman–Crippen LogP) is 7.93. The van der Waals surface area contributed by atoms with Gasteiger partial charge >= 0.3 is 5.97 Å². The van der Waals surface area contributed by atoms with Crippen molar-refractivity contribution in [2.45, 2.75) is 167 Å². The lowest BCUT2D eigenvalue weighted by atomic mass is 10.2. The van der Waals surface area contributed by atoms with Crippen molar-refractivity contribution in [3.63, 3.8) is 0 Å². The molecule has 5 aromatic rings. The molecule has 0 fully saturated rings. The first-order valence-corrected chi connectivity index (χ1v) is 48.6. The van der Waals surface area contributed by atoms with Gasteiger partial charge in [0.1, 0.15) is 5.78 Å². The molecule has 0 bridgehead atoms. The fourth-order valence-electron chi connectivity index (χ4n) is 10.2. The van der Waals surface area contributed by atoms with Crippen LogP contribution in [0.5, 0.6) is 0 Å². The van der Waals surface area contributed by atoms with Crippen molar-refractivity contribution in [2.75, 3.05) is 98.7 Å². The Kier molecular flexibility index (Phi) is 41.5. The summed E-state index contributed by atoms with van der Waals surface area (Å²) in [4.78, 5) is 46.8. The minimum Gasteiger partial charge on any atom is -0.480 e. The summed E-state index contributed by atoms with van der Waals surface area (Å²) in [7, 11) is -23.0. The Morgan fingerprint density at radius 2 is 0.743 bits per heavy atom. The zero-order chi connectivity index (χ0) is 80.9. The third kappa shape index (κ3) is 27.8. The fourth-order valence-corrected chi connectivity index (χ4v) is 23.1. The minimum atomic E-state index is -3.59. The Morgan fingerprint density at radius 1 is 0.438 bits per heavy atom. The molecule has 4 unspecified atom stereocenters. The Hall–Kier alpha value is -6.16. The lowest BCUT2D eigenvalue weighted by Crippen LogP contribution is -2.49. The summed E-state index contributed by atoms with van der Waals surface area (Å²) in [6.45, 7) is 26.5. The number of aliphatic hydroxyl groups is 1. The molecule has 0 aliphatic carbocycles. The van der Waals surface area contributed by atoms with Crippen LogP contribution in [0.3, 0.4) is 0 Å². The molecule has 27 nitrogen and oxygen atoms in total. The van der Waals surface area contributed by atoms with Crippen LogP contribution < -0.4 is 32.2 Å². The van der Waals surface area contributed by atoms with Gasteiger partial charge in [-0.3, -0.25) is 52.7 Å². The largest absolute Gasteiger partial charge is 0.480 e. The molecule has 5 heterocycles. The third-order valence-corrected chi connectivity index (χ3v) is 28.8. The maximum atomic E-state index is 12.5. The summed E-state index contributed by atoms with van der Waals surface area (Å²) in [6, 6.07) is 33.7. The van der Waals surface area contributed by atoms with E-state index in [-0.39, 0.29) is 84.1 Å². The number of para-hydroxylation sites is 5. The van der Waals surface area contributed by atoms with Crippen LogP contribution in [0, 0.1) is 0 Å². The van der Waals surface area contributed by atoms with Gasteiger partial charge in [0.05, 0.1) is 171 Å². The maximum Gasteiger partial charge on any atom is 0.321 e. The fraction of sp³-hybridized carbons (Fsp3) is 0.500. The Balaban J connectivity index is 0.000000637. The van der Waals surface area contributed by atoms with E-state index in [0.717, 1.165) is 34.2 Å². The van der Waals surface area contributed by atoms with E-state index in [9.17, 15) is 78.1 Å². The number of anilines is 5. The SMILES string of the molecule is CC.CC.CC.CC.CC.CC(=O)CC[C@H]1CN(S(C)(=O)=O)c2ccccc2S1=O.CC(=O)NC[C@@H]1Sc2ccccc2N(S(C)(=O)=O)[C@@H]1C.CC(=O)NC[C@H]1CN(S(C)(=O)=O)c2ccccc2S1=O.CS(=O)(=O)N1C[C@H](C(=O)O)S(=O)c2ccccc21.CS(=O)(=O)N1C[C@H](CO)S(=O)c2ccccc21. The average molecular weight is 1660 g/mol. The molecule has 105 heavy (non-hydrogen) atoms. The zero-order valence-corrected chi connectivity index (χ0v) is 71.1. The van der Waals surface area contributed by atoms with E-state index in [1.807, 2.05) is 100 Å². The number of benzene rings is 5. The molecule has 37 heteroatoms. The molecule has 5 aliphatic rings. The molecule has 10 rings (SSSR count). The van der Waals surface area contributed by atoms with Crippen LogP contribution in [0.15, 0.2) is 146 Å². The number of carboxylic acids is 1. The first-order chi connectivity index (χ1) is 49.2. The second-order valence-corrected chi connectivity index (χ2v) is 39.6. The van der Waals surface area contributed by atoms with Gasteiger partial charge in [-0.05, 0) is 80.9 Å². The van der Waals surface area contributed by atoms with E-state index in [4.69, 9.17) is 10.2 Å². The average Bonchev–Trinajstić information content (AvgIpc) is 0.797. The quantitative estimate of drug-likeness (QED) is 0.0819. The van der Waals surface area contributed by atoms with E-state index >= 15 is 0 Å². The number of hydrogen-bond donors (Lipinski definition) is 4. The van der Waals surface area contributed by atoms with Crippen LogP contribution >= 0.6 is 11.8 Å². The van der Waals surface area contributed by atoms with Crippen LogP contribution in [0.25, 0.3) is 0 Å². The number of aliphatic hydroxyl groups excluding tert-OH is 1. The number of carbonyl (C=O) groups excluding carboxylic acids is 3. The zero-order valence-electron chi connectivity index (χ0n) is 62.9. The van der Waals surface area contributed by atoms with Crippen LogP contribution in [-0.4, -0.2) is 202 Å². The molecule has 10 atom stereocenters. The molecule has 4 N–H and O–H groups in total. The molecule has 0 aromatic heterocycles. The molecule has 592 valence electrons. The number of nitrogens with zero attached hydrogens (tertiary/aromatic N) is 5. The van der Waals surface area contributed by atoms with Gasteiger partial charge in [-0.2, -0.15) is 0 Å². The minimum absolute atomic E-state index is 0.0106. The molecular formula is C68H105N7O20S10. The monoisotopic (exact) mass is 1660 g/mol. The van der Waals surface area contributed by atoms with Gasteiger partial charge < -0.3 is 25.6 Å². The summed E-state index contributed by atoms with van der Waals surface area (Å²) in [5.74, 6) is -1.59. The van der Waals surface area contributed by atoms with Gasteiger partial charge in [-0.25, -0.2) is 42.1 Å². The molecule has 5 aliphatic heterocycles. The highest BCUT2D eigenvalue weighted by Crippen LogP contribution is 2.43. The number of nitrogens with one attached hydrogen (secondary N) is 2. The second kappa shape index (κ2) is 45.0. The summed E-state index contributed by atoms with van der Waals surface area (Å²) in [5.41, 5.74) is 2.38. The number of rotatable bonds is 14. The number of carbonyl (C=O) groups is 4. The third-order valence-electron chi connectivity index (χ3n) is 14.7. The number of Topliss-reactive ketones (excluding diaryl/α,β-unsaturated/α-hetero) is 1. The smallest absolute Gasteiger partial charge is 0.321 e. The molecule has 0 spiro atoms. The summed E-state index contributed by atoms with van der Waals surface area (Å²) in [6.07, 6.45) is 6.32. The van der Waals surface area contributed by atoms with Crippen LogP contribution in [0.1, 0.15) is 110 Å².